The maximum Gasteiger partial charge on any atom is 0.243 e. The molecule has 0 aromatic heterocycles. The van der Waals surface area contributed by atoms with Crippen LogP contribution in [0.25, 0.3) is 0 Å². The fourth-order valence-electron chi connectivity index (χ4n) is 2.03. The number of aryl methyl sites for hydroxylation is 1. The predicted molar refractivity (Wildman–Crippen MR) is 92.8 cm³/mol. The molecule has 23 heavy (non-hydrogen) atoms. The minimum atomic E-state index is -0.577. The minimum absolute atomic E-state index is 0.0774. The molecule has 0 bridgehead atoms. The van der Waals surface area contributed by atoms with Crippen LogP contribution in [0, 0.1) is 0 Å². The van der Waals surface area contributed by atoms with Gasteiger partial charge in [0.05, 0.1) is 6.04 Å². The lowest BCUT2D eigenvalue weighted by molar-refractivity contribution is -0.122. The normalized spacial score (nSPS) is 13.8. The highest BCUT2D eigenvalue weighted by Gasteiger charge is 2.13. The summed E-state index contributed by atoms with van der Waals surface area (Å²) in [6, 6.07) is 9.29. The molecule has 1 aromatic rings. The van der Waals surface area contributed by atoms with Crippen LogP contribution in [0.1, 0.15) is 32.8 Å². The number of rotatable bonds is 8. The molecule has 0 radical (unpaired) electrons. The highest BCUT2D eigenvalue weighted by atomic mass is 16.2. The van der Waals surface area contributed by atoms with Crippen LogP contribution in [-0.4, -0.2) is 29.9 Å². The Balaban J connectivity index is 2.66. The molecular weight excluding hydrogens is 290 g/mol. The molecule has 5 heteroatoms. The van der Waals surface area contributed by atoms with E-state index in [2.05, 4.69) is 10.6 Å². The number of hydrogen-bond donors (Lipinski definition) is 3. The maximum atomic E-state index is 11.8. The van der Waals surface area contributed by atoms with Crippen LogP contribution in [-0.2, 0) is 16.0 Å². The fourth-order valence-corrected chi connectivity index (χ4v) is 2.03. The van der Waals surface area contributed by atoms with Crippen molar-refractivity contribution in [2.45, 2.75) is 51.7 Å². The molecule has 4 N–H and O–H groups in total. The van der Waals surface area contributed by atoms with E-state index in [1.165, 1.54) is 11.6 Å². The zero-order chi connectivity index (χ0) is 17.2. The number of carbonyl (C=O) groups excluding carboxylic acids is 2. The van der Waals surface area contributed by atoms with Crippen LogP contribution in [0.2, 0.25) is 0 Å². The zero-order valence-electron chi connectivity index (χ0n) is 14.1. The van der Waals surface area contributed by atoms with E-state index in [1.807, 2.05) is 44.2 Å². The maximum absolute atomic E-state index is 11.8. The minimum Gasteiger partial charge on any atom is -0.350 e. The van der Waals surface area contributed by atoms with Crippen molar-refractivity contribution in [2.24, 2.45) is 5.73 Å². The molecule has 2 amide bonds. The second kappa shape index (κ2) is 9.79. The van der Waals surface area contributed by atoms with E-state index in [-0.39, 0.29) is 23.9 Å². The first-order valence-electron chi connectivity index (χ1n) is 7.97. The Morgan fingerprint density at radius 3 is 2.35 bits per heavy atom. The number of hydrogen-bond acceptors (Lipinski definition) is 3. The van der Waals surface area contributed by atoms with Crippen LogP contribution in [0.4, 0.5) is 0 Å². The average Bonchev–Trinajstić information content (AvgIpc) is 2.50. The van der Waals surface area contributed by atoms with Gasteiger partial charge in [-0.2, -0.15) is 0 Å². The van der Waals surface area contributed by atoms with Gasteiger partial charge in [0.15, 0.2) is 0 Å². The molecule has 0 aliphatic rings. The lowest BCUT2D eigenvalue weighted by Crippen LogP contribution is -2.43. The first kappa shape index (κ1) is 18.9. The van der Waals surface area contributed by atoms with Gasteiger partial charge in [0.25, 0.3) is 0 Å². The van der Waals surface area contributed by atoms with Gasteiger partial charge in [-0.05, 0) is 39.2 Å². The molecular formula is C18H27N3O2. The highest BCUT2D eigenvalue weighted by Crippen LogP contribution is 2.06. The number of amides is 2. The van der Waals surface area contributed by atoms with Gasteiger partial charge in [-0.15, -0.1) is 0 Å². The van der Waals surface area contributed by atoms with Gasteiger partial charge in [0.1, 0.15) is 0 Å². The van der Waals surface area contributed by atoms with Gasteiger partial charge < -0.3 is 16.4 Å². The summed E-state index contributed by atoms with van der Waals surface area (Å²) in [5.74, 6) is -0.392. The summed E-state index contributed by atoms with van der Waals surface area (Å²) in [6.45, 7) is 5.44. The third-order valence-electron chi connectivity index (χ3n) is 3.24. The molecule has 1 rings (SSSR count). The van der Waals surface area contributed by atoms with Gasteiger partial charge in [-0.25, -0.2) is 0 Å². The van der Waals surface area contributed by atoms with Crippen LogP contribution in [0.5, 0.6) is 0 Å². The largest absolute Gasteiger partial charge is 0.350 e. The van der Waals surface area contributed by atoms with Crippen molar-refractivity contribution >= 4 is 11.8 Å². The highest BCUT2D eigenvalue weighted by molar-refractivity contribution is 5.88. The van der Waals surface area contributed by atoms with Crippen molar-refractivity contribution in [3.63, 3.8) is 0 Å². The van der Waals surface area contributed by atoms with Crippen LogP contribution < -0.4 is 16.4 Å². The summed E-state index contributed by atoms with van der Waals surface area (Å²) in [5, 5.41) is 5.65. The molecule has 2 atom stereocenters. The van der Waals surface area contributed by atoms with Gasteiger partial charge >= 0.3 is 0 Å². The Bertz CT molecular complexity index is 524. The number of carbonyl (C=O) groups is 2. The van der Waals surface area contributed by atoms with Gasteiger partial charge in [-0.1, -0.05) is 36.4 Å². The Kier molecular flexibility index (Phi) is 8.05. The molecule has 0 fully saturated rings. The first-order valence-corrected chi connectivity index (χ1v) is 7.97. The van der Waals surface area contributed by atoms with E-state index in [9.17, 15) is 9.59 Å². The Hall–Kier alpha value is -2.14. The molecule has 0 saturated heterocycles. The summed E-state index contributed by atoms with van der Waals surface area (Å²) >= 11 is 0. The lowest BCUT2D eigenvalue weighted by Gasteiger charge is -2.17. The van der Waals surface area contributed by atoms with Crippen molar-refractivity contribution in [3.8, 4) is 0 Å². The van der Waals surface area contributed by atoms with Crippen molar-refractivity contribution in [1.82, 2.24) is 10.6 Å². The summed E-state index contributed by atoms with van der Waals surface area (Å²) in [6.07, 6.45) is 4.70. The van der Waals surface area contributed by atoms with E-state index >= 15 is 0 Å². The van der Waals surface area contributed by atoms with Crippen LogP contribution >= 0.6 is 0 Å². The van der Waals surface area contributed by atoms with Crippen molar-refractivity contribution in [2.75, 3.05) is 0 Å². The molecule has 0 aliphatic heterocycles. The molecule has 126 valence electrons. The third kappa shape index (κ3) is 8.16. The molecule has 0 heterocycles. The Morgan fingerprint density at radius 1 is 1.13 bits per heavy atom. The van der Waals surface area contributed by atoms with Gasteiger partial charge in [0.2, 0.25) is 11.8 Å². The summed E-state index contributed by atoms with van der Waals surface area (Å²) in [4.78, 5) is 23.5. The van der Waals surface area contributed by atoms with Crippen LogP contribution in [0.15, 0.2) is 42.5 Å². The van der Waals surface area contributed by atoms with Crippen molar-refractivity contribution < 1.29 is 9.59 Å². The standard InChI is InChI=1S/C18H27N3O2/c1-13(2)20-17(22)12-11-16(21-18(23)14(3)19)10-9-15-7-5-4-6-8-15/h4-8,11-14,16H,9-10,19H2,1-3H3,(H,20,22)(H,21,23)/b12-11+/t14-,16-/m0/s1. The van der Waals surface area contributed by atoms with Gasteiger partial charge in [-0.3, -0.25) is 9.59 Å². The molecule has 0 unspecified atom stereocenters. The van der Waals surface area contributed by atoms with Crippen LogP contribution in [0.3, 0.4) is 0 Å². The monoisotopic (exact) mass is 317 g/mol. The summed E-state index contributed by atoms with van der Waals surface area (Å²) in [5.41, 5.74) is 6.79. The van der Waals surface area contributed by atoms with E-state index in [4.69, 9.17) is 5.73 Å². The van der Waals surface area contributed by atoms with E-state index in [0.717, 1.165) is 6.42 Å². The molecule has 0 aliphatic carbocycles. The molecule has 0 spiro atoms. The van der Waals surface area contributed by atoms with Crippen molar-refractivity contribution in [3.05, 3.63) is 48.0 Å². The fraction of sp³-hybridized carbons (Fsp3) is 0.444. The second-order valence-corrected chi connectivity index (χ2v) is 5.95. The number of benzene rings is 1. The number of nitrogens with one attached hydrogen (secondary N) is 2. The third-order valence-corrected chi connectivity index (χ3v) is 3.24. The molecule has 1 aromatic carbocycles. The molecule has 0 saturated carbocycles. The average molecular weight is 317 g/mol. The summed E-state index contributed by atoms with van der Waals surface area (Å²) in [7, 11) is 0. The lowest BCUT2D eigenvalue weighted by atomic mass is 10.0. The quantitative estimate of drug-likeness (QED) is 0.636. The van der Waals surface area contributed by atoms with E-state index in [1.54, 1.807) is 13.0 Å². The zero-order valence-corrected chi connectivity index (χ0v) is 14.1. The topological polar surface area (TPSA) is 84.2 Å². The van der Waals surface area contributed by atoms with Gasteiger partial charge in [0, 0.05) is 18.2 Å². The number of nitrogens with two attached hydrogens (primary N) is 1. The molecule has 5 nitrogen and oxygen atoms in total. The summed E-state index contributed by atoms with van der Waals surface area (Å²) < 4.78 is 0. The van der Waals surface area contributed by atoms with Crippen molar-refractivity contribution in [1.29, 1.82) is 0 Å². The Labute approximate surface area is 138 Å². The predicted octanol–water partition coefficient (Wildman–Crippen LogP) is 1.53. The second-order valence-electron chi connectivity index (χ2n) is 5.95. The Morgan fingerprint density at radius 2 is 1.78 bits per heavy atom. The van der Waals surface area contributed by atoms with E-state index < -0.39 is 6.04 Å². The first-order chi connectivity index (χ1) is 10.9. The SMILES string of the molecule is CC(C)NC(=O)/C=C/[C@H](CCc1ccccc1)NC(=O)[C@H](C)N. The van der Waals surface area contributed by atoms with E-state index in [0.29, 0.717) is 6.42 Å². The smallest absolute Gasteiger partial charge is 0.243 e.